The van der Waals surface area contributed by atoms with E-state index < -0.39 is 0 Å². The summed E-state index contributed by atoms with van der Waals surface area (Å²) in [6.07, 6.45) is 0. The number of hydrogen-bond acceptors (Lipinski definition) is 2. The van der Waals surface area contributed by atoms with Crippen molar-refractivity contribution in [2.24, 2.45) is 0 Å². The van der Waals surface area contributed by atoms with Gasteiger partial charge in [0.15, 0.2) is 0 Å². The molecule has 4 heteroatoms. The van der Waals surface area contributed by atoms with E-state index in [2.05, 4.69) is 41.1 Å². The maximum Gasteiger partial charge on any atom is 0.253 e. The summed E-state index contributed by atoms with van der Waals surface area (Å²) in [7, 11) is 0. The minimum atomic E-state index is 0.146. The predicted octanol–water partition coefficient (Wildman–Crippen LogP) is 3.74. The summed E-state index contributed by atoms with van der Waals surface area (Å²) < 4.78 is 0. The van der Waals surface area contributed by atoms with E-state index in [4.69, 9.17) is 0 Å². The Kier molecular flexibility index (Phi) is 4.51. The molecule has 1 aromatic heterocycles. The Labute approximate surface area is 154 Å². The van der Waals surface area contributed by atoms with Crippen LogP contribution in [-0.2, 0) is 6.54 Å². The number of aromatic amines is 1. The number of rotatable bonds is 3. The van der Waals surface area contributed by atoms with Gasteiger partial charge in [-0.25, -0.2) is 0 Å². The number of carbonyl (C=O) groups excluding carboxylic acids is 1. The fraction of sp³-hybridized carbons (Fsp3) is 0.318. The first-order chi connectivity index (χ1) is 12.6. The third kappa shape index (κ3) is 3.25. The lowest BCUT2D eigenvalue weighted by molar-refractivity contribution is 0.0628. The Hall–Kier alpha value is -2.59. The zero-order valence-corrected chi connectivity index (χ0v) is 15.5. The van der Waals surface area contributed by atoms with Crippen LogP contribution in [0.1, 0.15) is 27.2 Å². The van der Waals surface area contributed by atoms with Gasteiger partial charge in [0.1, 0.15) is 0 Å². The first-order valence-corrected chi connectivity index (χ1v) is 9.26. The van der Waals surface area contributed by atoms with Crippen LogP contribution < -0.4 is 0 Å². The minimum Gasteiger partial charge on any atom is -0.358 e. The fourth-order valence-electron chi connectivity index (χ4n) is 3.75. The summed E-state index contributed by atoms with van der Waals surface area (Å²) in [6, 6.07) is 16.3. The molecule has 0 saturated carbocycles. The molecule has 4 rings (SSSR count). The Morgan fingerprint density at radius 1 is 0.962 bits per heavy atom. The quantitative estimate of drug-likeness (QED) is 0.784. The van der Waals surface area contributed by atoms with Crippen LogP contribution in [0.15, 0.2) is 48.5 Å². The monoisotopic (exact) mass is 347 g/mol. The summed E-state index contributed by atoms with van der Waals surface area (Å²) in [5, 5.41) is 1.31. The number of aryl methyl sites for hydroxylation is 2. The van der Waals surface area contributed by atoms with E-state index >= 15 is 0 Å². The number of piperazine rings is 1. The summed E-state index contributed by atoms with van der Waals surface area (Å²) in [6.45, 7) is 8.52. The van der Waals surface area contributed by atoms with Crippen LogP contribution >= 0.6 is 0 Å². The molecule has 0 bridgehead atoms. The van der Waals surface area contributed by atoms with Gasteiger partial charge >= 0.3 is 0 Å². The maximum absolute atomic E-state index is 12.7. The number of amides is 1. The molecule has 1 saturated heterocycles. The van der Waals surface area contributed by atoms with Crippen LogP contribution in [0.25, 0.3) is 10.9 Å². The number of nitrogens with zero attached hydrogens (tertiary/aromatic N) is 2. The highest BCUT2D eigenvalue weighted by Crippen LogP contribution is 2.24. The average Bonchev–Trinajstić information content (AvgIpc) is 2.98. The highest BCUT2D eigenvalue weighted by Gasteiger charge is 2.23. The number of carbonyl (C=O) groups is 1. The number of hydrogen-bond donors (Lipinski definition) is 1. The average molecular weight is 347 g/mol. The largest absolute Gasteiger partial charge is 0.358 e. The lowest BCUT2D eigenvalue weighted by Crippen LogP contribution is -2.48. The van der Waals surface area contributed by atoms with Gasteiger partial charge in [-0.3, -0.25) is 9.69 Å². The lowest BCUT2D eigenvalue weighted by atomic mass is 10.1. The van der Waals surface area contributed by atoms with Crippen LogP contribution in [0.3, 0.4) is 0 Å². The molecule has 26 heavy (non-hydrogen) atoms. The van der Waals surface area contributed by atoms with Crippen molar-refractivity contribution in [2.45, 2.75) is 20.4 Å². The van der Waals surface area contributed by atoms with E-state index in [0.29, 0.717) is 0 Å². The summed E-state index contributed by atoms with van der Waals surface area (Å²) in [4.78, 5) is 20.6. The number of nitrogens with one attached hydrogen (secondary N) is 1. The SMILES string of the molecule is Cc1ccc(C(=O)N2CCN(Cc3c(C)[nH]c4ccccc34)CC2)cc1. The number of H-pyrrole nitrogens is 1. The zero-order chi connectivity index (χ0) is 18.1. The van der Waals surface area contributed by atoms with E-state index in [0.717, 1.165) is 38.3 Å². The first kappa shape index (κ1) is 16.9. The Morgan fingerprint density at radius 2 is 1.65 bits per heavy atom. The smallest absolute Gasteiger partial charge is 0.253 e. The molecule has 3 aromatic rings. The lowest BCUT2D eigenvalue weighted by Gasteiger charge is -2.35. The van der Waals surface area contributed by atoms with Crippen molar-refractivity contribution >= 4 is 16.8 Å². The zero-order valence-electron chi connectivity index (χ0n) is 15.5. The topological polar surface area (TPSA) is 39.3 Å². The van der Waals surface area contributed by atoms with Crippen molar-refractivity contribution in [3.63, 3.8) is 0 Å². The van der Waals surface area contributed by atoms with Crippen molar-refractivity contribution in [2.75, 3.05) is 26.2 Å². The minimum absolute atomic E-state index is 0.146. The van der Waals surface area contributed by atoms with Crippen LogP contribution in [-0.4, -0.2) is 46.9 Å². The summed E-state index contributed by atoms with van der Waals surface area (Å²) in [5.74, 6) is 0.146. The predicted molar refractivity (Wildman–Crippen MR) is 105 cm³/mol. The normalized spacial score (nSPS) is 15.5. The molecular formula is C22H25N3O. The van der Waals surface area contributed by atoms with Crippen LogP contribution in [0.5, 0.6) is 0 Å². The molecule has 1 aliphatic heterocycles. The molecule has 134 valence electrons. The third-order valence-electron chi connectivity index (χ3n) is 5.37. The van der Waals surface area contributed by atoms with Crippen molar-refractivity contribution in [1.29, 1.82) is 0 Å². The molecule has 0 unspecified atom stereocenters. The van der Waals surface area contributed by atoms with Crippen LogP contribution in [0, 0.1) is 13.8 Å². The molecule has 1 fully saturated rings. The second kappa shape index (κ2) is 6.96. The summed E-state index contributed by atoms with van der Waals surface area (Å²) in [5.41, 5.74) is 5.79. The van der Waals surface area contributed by atoms with E-state index in [1.807, 2.05) is 36.1 Å². The standard InChI is InChI=1S/C22H25N3O/c1-16-7-9-18(10-8-16)22(26)25-13-11-24(12-14-25)15-20-17(2)23-21-6-4-3-5-19(20)21/h3-10,23H,11-15H2,1-2H3. The molecule has 1 aliphatic rings. The van der Waals surface area contributed by atoms with E-state index in [9.17, 15) is 4.79 Å². The van der Waals surface area contributed by atoms with Crippen LogP contribution in [0.4, 0.5) is 0 Å². The van der Waals surface area contributed by atoms with E-state index in [-0.39, 0.29) is 5.91 Å². The van der Waals surface area contributed by atoms with E-state index in [1.165, 1.54) is 27.7 Å². The van der Waals surface area contributed by atoms with Gasteiger partial charge < -0.3 is 9.88 Å². The van der Waals surface area contributed by atoms with Crippen molar-refractivity contribution in [3.8, 4) is 0 Å². The van der Waals surface area contributed by atoms with Gasteiger partial charge in [-0.2, -0.15) is 0 Å². The molecular weight excluding hydrogens is 322 g/mol. The van der Waals surface area contributed by atoms with Gasteiger partial charge in [-0.05, 0) is 37.6 Å². The van der Waals surface area contributed by atoms with Gasteiger partial charge in [-0.1, -0.05) is 35.9 Å². The number of fused-ring (bicyclic) bond motifs is 1. The maximum atomic E-state index is 12.7. The van der Waals surface area contributed by atoms with Crippen molar-refractivity contribution < 1.29 is 4.79 Å². The highest BCUT2D eigenvalue weighted by molar-refractivity contribution is 5.94. The Morgan fingerprint density at radius 3 is 2.38 bits per heavy atom. The fourth-order valence-corrected chi connectivity index (χ4v) is 3.75. The molecule has 0 spiro atoms. The Bertz CT molecular complexity index is 918. The number of aromatic nitrogens is 1. The van der Waals surface area contributed by atoms with Gasteiger partial charge in [0.25, 0.3) is 5.91 Å². The van der Waals surface area contributed by atoms with Gasteiger partial charge in [0, 0.05) is 54.9 Å². The molecule has 0 aliphatic carbocycles. The summed E-state index contributed by atoms with van der Waals surface area (Å²) >= 11 is 0. The molecule has 0 radical (unpaired) electrons. The van der Waals surface area contributed by atoms with Gasteiger partial charge in [0.2, 0.25) is 0 Å². The Balaban J connectivity index is 1.41. The third-order valence-corrected chi connectivity index (χ3v) is 5.37. The molecule has 2 aromatic carbocycles. The molecule has 4 nitrogen and oxygen atoms in total. The van der Waals surface area contributed by atoms with Crippen molar-refractivity contribution in [1.82, 2.24) is 14.8 Å². The second-order valence-electron chi connectivity index (χ2n) is 7.21. The van der Waals surface area contributed by atoms with Gasteiger partial charge in [-0.15, -0.1) is 0 Å². The van der Waals surface area contributed by atoms with Gasteiger partial charge in [0.05, 0.1) is 0 Å². The molecule has 0 atom stereocenters. The van der Waals surface area contributed by atoms with E-state index in [1.54, 1.807) is 0 Å². The highest BCUT2D eigenvalue weighted by atomic mass is 16.2. The second-order valence-corrected chi connectivity index (χ2v) is 7.21. The molecule has 1 N–H and O–H groups in total. The molecule has 1 amide bonds. The number of para-hydroxylation sites is 1. The first-order valence-electron chi connectivity index (χ1n) is 9.26. The molecule has 2 heterocycles. The number of benzene rings is 2. The van der Waals surface area contributed by atoms with Crippen LogP contribution in [0.2, 0.25) is 0 Å². The van der Waals surface area contributed by atoms with Crippen molar-refractivity contribution in [3.05, 3.63) is 70.9 Å².